The molecule has 1 heterocycles. The van der Waals surface area contributed by atoms with Gasteiger partial charge in [-0.25, -0.2) is 4.79 Å². The van der Waals surface area contributed by atoms with Gasteiger partial charge in [0.2, 0.25) is 5.91 Å². The Morgan fingerprint density at radius 1 is 1.65 bits per heavy atom. The fourth-order valence-corrected chi connectivity index (χ4v) is 2.11. The highest BCUT2D eigenvalue weighted by Gasteiger charge is 2.15. The van der Waals surface area contributed by atoms with Crippen LogP contribution in [0.5, 0.6) is 0 Å². The maximum atomic E-state index is 11.4. The highest BCUT2D eigenvalue weighted by Crippen LogP contribution is 2.23. The van der Waals surface area contributed by atoms with Gasteiger partial charge in [0.15, 0.2) is 5.17 Å². The third-order valence-electron chi connectivity index (χ3n) is 1.67. The van der Waals surface area contributed by atoms with Gasteiger partial charge in [-0.3, -0.25) is 10.2 Å². The average molecular weight is 273 g/mol. The molecule has 0 aliphatic carbocycles. The first-order chi connectivity index (χ1) is 8.04. The van der Waals surface area contributed by atoms with Crippen LogP contribution in [0.3, 0.4) is 0 Å². The van der Waals surface area contributed by atoms with Gasteiger partial charge in [-0.1, -0.05) is 11.8 Å². The summed E-state index contributed by atoms with van der Waals surface area (Å²) in [4.78, 5) is 23.1. The minimum atomic E-state index is -0.491. The van der Waals surface area contributed by atoms with Gasteiger partial charge < -0.3 is 15.8 Å². The van der Waals surface area contributed by atoms with Crippen molar-refractivity contribution in [3.8, 4) is 0 Å². The lowest BCUT2D eigenvalue weighted by atomic mass is 10.4. The number of amides is 1. The van der Waals surface area contributed by atoms with E-state index in [-0.39, 0.29) is 16.8 Å². The van der Waals surface area contributed by atoms with Crippen LogP contribution in [0.25, 0.3) is 0 Å². The summed E-state index contributed by atoms with van der Waals surface area (Å²) in [5, 5.41) is 11.1. The second kappa shape index (κ2) is 6.26. The van der Waals surface area contributed by atoms with Gasteiger partial charge in [0.1, 0.15) is 4.88 Å². The van der Waals surface area contributed by atoms with Gasteiger partial charge >= 0.3 is 5.97 Å². The van der Waals surface area contributed by atoms with E-state index in [1.54, 1.807) is 11.4 Å². The quantitative estimate of drug-likeness (QED) is 0.433. The summed E-state index contributed by atoms with van der Waals surface area (Å²) in [6.07, 6.45) is 0. The van der Waals surface area contributed by atoms with Crippen LogP contribution in [0.2, 0.25) is 0 Å². The predicted molar refractivity (Wildman–Crippen MR) is 68.7 cm³/mol. The zero-order valence-electron chi connectivity index (χ0n) is 8.98. The number of thioether (sulfide) groups is 1. The number of methoxy groups -OCH3 is 1. The van der Waals surface area contributed by atoms with E-state index >= 15 is 0 Å². The Morgan fingerprint density at radius 2 is 2.35 bits per heavy atom. The number of hydrogen-bond acceptors (Lipinski definition) is 6. The molecule has 0 saturated carbocycles. The molecule has 0 bridgehead atoms. The van der Waals surface area contributed by atoms with E-state index in [1.165, 1.54) is 18.4 Å². The summed E-state index contributed by atoms with van der Waals surface area (Å²) in [6, 6.07) is 1.62. The number of anilines is 1. The maximum absolute atomic E-state index is 11.4. The molecule has 1 aromatic heterocycles. The van der Waals surface area contributed by atoms with Crippen LogP contribution in [-0.2, 0) is 9.53 Å². The zero-order valence-corrected chi connectivity index (χ0v) is 10.6. The molecule has 0 aromatic carbocycles. The van der Waals surface area contributed by atoms with Crippen molar-refractivity contribution in [3.05, 3.63) is 16.3 Å². The van der Waals surface area contributed by atoms with Crippen LogP contribution >= 0.6 is 23.1 Å². The topological polar surface area (TPSA) is 105 Å². The summed E-state index contributed by atoms with van der Waals surface area (Å²) in [5.41, 5.74) is 5.52. The normalized spacial score (nSPS) is 9.71. The van der Waals surface area contributed by atoms with Crippen molar-refractivity contribution in [2.45, 2.75) is 0 Å². The first kappa shape index (κ1) is 13.5. The number of esters is 1. The van der Waals surface area contributed by atoms with E-state index in [9.17, 15) is 9.59 Å². The molecule has 1 amide bonds. The number of carbonyl (C=O) groups excluding carboxylic acids is 2. The number of nitrogens with two attached hydrogens (primary N) is 1. The number of amidine groups is 1. The van der Waals surface area contributed by atoms with Crippen LogP contribution in [0.1, 0.15) is 9.67 Å². The lowest BCUT2D eigenvalue weighted by Gasteiger charge is -2.04. The minimum absolute atomic E-state index is 0.0335. The molecular formula is C9H11N3O3S2. The average Bonchev–Trinajstić information content (AvgIpc) is 2.73. The maximum Gasteiger partial charge on any atom is 0.350 e. The SMILES string of the molecule is COC(=O)c1sccc1NC(=O)CSC(=N)N. The largest absolute Gasteiger partial charge is 0.465 e. The fraction of sp³-hybridized carbons (Fsp3) is 0.222. The molecule has 0 atom stereocenters. The van der Waals surface area contributed by atoms with E-state index in [0.717, 1.165) is 11.8 Å². The van der Waals surface area contributed by atoms with Crippen LogP contribution in [0.4, 0.5) is 5.69 Å². The summed E-state index contributed by atoms with van der Waals surface area (Å²) >= 11 is 2.10. The third kappa shape index (κ3) is 4.08. The van der Waals surface area contributed by atoms with Crippen molar-refractivity contribution in [2.75, 3.05) is 18.2 Å². The molecule has 6 nitrogen and oxygen atoms in total. The lowest BCUT2D eigenvalue weighted by molar-refractivity contribution is -0.113. The van der Waals surface area contributed by atoms with Crippen LogP contribution in [0.15, 0.2) is 11.4 Å². The Labute approximate surface area is 106 Å². The summed E-state index contributed by atoms with van der Waals surface area (Å²) in [6.45, 7) is 0. The first-order valence-corrected chi connectivity index (χ1v) is 6.33. The molecule has 17 heavy (non-hydrogen) atoms. The Bertz CT molecular complexity index is 444. The van der Waals surface area contributed by atoms with Crippen molar-refractivity contribution in [2.24, 2.45) is 5.73 Å². The fourth-order valence-electron chi connectivity index (χ4n) is 0.988. The molecule has 0 aliphatic heterocycles. The standard InChI is InChI=1S/C9H11N3O3S2/c1-15-8(14)7-5(2-3-16-7)12-6(13)4-17-9(10)11/h2-3H,4H2,1H3,(H3,10,11)(H,12,13). The summed E-state index contributed by atoms with van der Waals surface area (Å²) in [5.74, 6) is -0.783. The molecular weight excluding hydrogens is 262 g/mol. The smallest absolute Gasteiger partial charge is 0.350 e. The van der Waals surface area contributed by atoms with E-state index in [2.05, 4.69) is 10.1 Å². The van der Waals surface area contributed by atoms with Crippen molar-refractivity contribution < 1.29 is 14.3 Å². The highest BCUT2D eigenvalue weighted by molar-refractivity contribution is 8.14. The van der Waals surface area contributed by atoms with Crippen molar-refractivity contribution in [3.63, 3.8) is 0 Å². The number of hydrogen-bond donors (Lipinski definition) is 3. The van der Waals surface area contributed by atoms with E-state index in [4.69, 9.17) is 11.1 Å². The molecule has 8 heteroatoms. The number of rotatable bonds is 4. The molecule has 0 spiro atoms. The number of ether oxygens (including phenoxy) is 1. The number of carbonyl (C=O) groups is 2. The molecule has 1 rings (SSSR count). The van der Waals surface area contributed by atoms with E-state index in [1.807, 2.05) is 0 Å². The van der Waals surface area contributed by atoms with Crippen molar-refractivity contribution >= 4 is 45.8 Å². The third-order valence-corrected chi connectivity index (χ3v) is 3.28. The Kier molecular flexibility index (Phi) is 4.98. The highest BCUT2D eigenvalue weighted by atomic mass is 32.2. The Balaban J connectivity index is 2.62. The molecule has 0 radical (unpaired) electrons. The van der Waals surface area contributed by atoms with E-state index in [0.29, 0.717) is 10.6 Å². The zero-order chi connectivity index (χ0) is 12.8. The van der Waals surface area contributed by atoms with Crippen LogP contribution in [0, 0.1) is 5.41 Å². The van der Waals surface area contributed by atoms with Crippen LogP contribution < -0.4 is 11.1 Å². The molecule has 92 valence electrons. The monoisotopic (exact) mass is 273 g/mol. The van der Waals surface area contributed by atoms with Gasteiger partial charge in [-0.15, -0.1) is 11.3 Å². The van der Waals surface area contributed by atoms with Gasteiger partial charge in [0.05, 0.1) is 18.6 Å². The summed E-state index contributed by atoms with van der Waals surface area (Å²) < 4.78 is 4.58. The molecule has 0 saturated heterocycles. The van der Waals surface area contributed by atoms with Crippen molar-refractivity contribution in [1.82, 2.24) is 0 Å². The second-order valence-electron chi connectivity index (χ2n) is 2.86. The number of nitrogens with one attached hydrogen (secondary N) is 2. The van der Waals surface area contributed by atoms with Gasteiger partial charge in [0, 0.05) is 0 Å². The molecule has 4 N–H and O–H groups in total. The molecule has 0 unspecified atom stereocenters. The van der Waals surface area contributed by atoms with Gasteiger partial charge in [-0.05, 0) is 11.4 Å². The van der Waals surface area contributed by atoms with Crippen LogP contribution in [-0.4, -0.2) is 29.9 Å². The second-order valence-corrected chi connectivity index (χ2v) is 4.79. The van der Waals surface area contributed by atoms with Gasteiger partial charge in [-0.2, -0.15) is 0 Å². The lowest BCUT2D eigenvalue weighted by Crippen LogP contribution is -2.18. The Morgan fingerprint density at radius 3 is 2.94 bits per heavy atom. The molecule has 0 fully saturated rings. The Hall–Kier alpha value is -1.54. The molecule has 0 aliphatic rings. The molecule has 1 aromatic rings. The van der Waals surface area contributed by atoms with Crippen molar-refractivity contribution in [1.29, 1.82) is 5.41 Å². The minimum Gasteiger partial charge on any atom is -0.465 e. The van der Waals surface area contributed by atoms with Gasteiger partial charge in [0.25, 0.3) is 0 Å². The van der Waals surface area contributed by atoms with E-state index < -0.39 is 5.97 Å². The number of thiophene rings is 1. The predicted octanol–water partition coefficient (Wildman–Crippen LogP) is 1.10. The summed E-state index contributed by atoms with van der Waals surface area (Å²) in [7, 11) is 1.28. The first-order valence-electron chi connectivity index (χ1n) is 4.47.